The summed E-state index contributed by atoms with van der Waals surface area (Å²) in [7, 11) is 0. The van der Waals surface area contributed by atoms with E-state index in [2.05, 4.69) is 15.5 Å². The molecule has 8 heteroatoms. The fourth-order valence-corrected chi connectivity index (χ4v) is 5.00. The number of rotatable bonds is 7. The van der Waals surface area contributed by atoms with Crippen LogP contribution in [-0.4, -0.2) is 53.0 Å². The molecule has 1 saturated heterocycles. The highest BCUT2D eigenvalue weighted by molar-refractivity contribution is 5.96. The van der Waals surface area contributed by atoms with Gasteiger partial charge in [0.05, 0.1) is 18.7 Å². The van der Waals surface area contributed by atoms with E-state index >= 15 is 0 Å². The SMILES string of the molecule is Cc1cccc(C(=O)NCC(=O)NC2CN(C3CCC(c4ccc(=O)n(CC#N)c4)CC3)C2)c1. The number of hydrogen-bond donors (Lipinski definition) is 2. The Hall–Kier alpha value is -3.44. The Labute approximate surface area is 199 Å². The minimum Gasteiger partial charge on any atom is -0.349 e. The lowest BCUT2D eigenvalue weighted by molar-refractivity contribution is -0.122. The predicted molar refractivity (Wildman–Crippen MR) is 128 cm³/mol. The first kappa shape index (κ1) is 23.7. The van der Waals surface area contributed by atoms with Gasteiger partial charge in [-0.3, -0.25) is 19.3 Å². The Morgan fingerprint density at radius 3 is 2.59 bits per heavy atom. The molecule has 0 radical (unpaired) electrons. The average Bonchev–Trinajstić information content (AvgIpc) is 2.81. The van der Waals surface area contributed by atoms with E-state index in [1.165, 1.54) is 4.57 Å². The molecule has 2 amide bonds. The number of carbonyl (C=O) groups excluding carboxylic acids is 2. The number of benzene rings is 1. The molecule has 0 atom stereocenters. The van der Waals surface area contributed by atoms with E-state index < -0.39 is 0 Å². The van der Waals surface area contributed by atoms with E-state index in [9.17, 15) is 14.4 Å². The number of aryl methyl sites for hydroxylation is 1. The molecule has 2 aliphatic rings. The summed E-state index contributed by atoms with van der Waals surface area (Å²) < 4.78 is 1.48. The van der Waals surface area contributed by atoms with Gasteiger partial charge in [0.15, 0.2) is 0 Å². The van der Waals surface area contributed by atoms with Crippen LogP contribution in [0.15, 0.2) is 47.4 Å². The third-order valence-corrected chi connectivity index (χ3v) is 6.90. The molecular weight excluding hydrogens is 430 g/mol. The number of nitrogens with one attached hydrogen (secondary N) is 2. The highest BCUT2D eigenvalue weighted by atomic mass is 16.2. The predicted octanol–water partition coefficient (Wildman–Crippen LogP) is 1.94. The molecule has 2 fully saturated rings. The van der Waals surface area contributed by atoms with Crippen LogP contribution in [0.4, 0.5) is 0 Å². The van der Waals surface area contributed by atoms with E-state index in [0.717, 1.165) is 49.9 Å². The Morgan fingerprint density at radius 1 is 1.12 bits per heavy atom. The Balaban J connectivity index is 1.17. The van der Waals surface area contributed by atoms with Crippen LogP contribution in [0.1, 0.15) is 53.1 Å². The molecule has 1 saturated carbocycles. The maximum absolute atomic E-state index is 12.2. The van der Waals surface area contributed by atoms with Crippen molar-refractivity contribution in [1.29, 1.82) is 5.26 Å². The van der Waals surface area contributed by atoms with Crippen LogP contribution in [0.3, 0.4) is 0 Å². The van der Waals surface area contributed by atoms with Crippen LogP contribution in [0.2, 0.25) is 0 Å². The lowest BCUT2D eigenvalue weighted by atomic mass is 9.81. The number of aromatic nitrogens is 1. The van der Waals surface area contributed by atoms with Gasteiger partial charge in [0.2, 0.25) is 5.91 Å². The lowest BCUT2D eigenvalue weighted by Crippen LogP contribution is -2.63. The van der Waals surface area contributed by atoms with Gasteiger partial charge in [0.25, 0.3) is 11.5 Å². The quantitative estimate of drug-likeness (QED) is 0.655. The van der Waals surface area contributed by atoms with Gasteiger partial charge >= 0.3 is 0 Å². The van der Waals surface area contributed by atoms with Crippen molar-refractivity contribution >= 4 is 11.8 Å². The van der Waals surface area contributed by atoms with Gasteiger partial charge in [-0.15, -0.1) is 0 Å². The van der Waals surface area contributed by atoms with Crippen molar-refractivity contribution < 1.29 is 9.59 Å². The lowest BCUT2D eigenvalue weighted by Gasteiger charge is -2.46. The van der Waals surface area contributed by atoms with Crippen molar-refractivity contribution in [3.05, 3.63) is 69.6 Å². The van der Waals surface area contributed by atoms with E-state index in [4.69, 9.17) is 5.26 Å². The smallest absolute Gasteiger partial charge is 0.251 e. The van der Waals surface area contributed by atoms with E-state index in [1.54, 1.807) is 18.2 Å². The third-order valence-electron chi connectivity index (χ3n) is 6.90. The average molecular weight is 462 g/mol. The standard InChI is InChI=1S/C26H31N5O3/c1-18-3-2-4-20(13-18)26(34)28-14-24(32)29-22-16-31(17-22)23-8-5-19(6-9-23)21-7-10-25(33)30(15-21)12-11-27/h2-4,7,10,13,15,19,22-23H,5-6,8-9,12,14,16-17H2,1H3,(H,28,34)(H,29,32). The molecule has 4 rings (SSSR count). The first-order chi connectivity index (χ1) is 16.4. The second-order valence-electron chi connectivity index (χ2n) is 9.36. The van der Waals surface area contributed by atoms with Crippen LogP contribution in [0, 0.1) is 18.3 Å². The van der Waals surface area contributed by atoms with E-state index in [-0.39, 0.29) is 36.5 Å². The number of pyridine rings is 1. The van der Waals surface area contributed by atoms with Crippen molar-refractivity contribution in [1.82, 2.24) is 20.1 Å². The molecule has 8 nitrogen and oxygen atoms in total. The number of nitriles is 1. The Morgan fingerprint density at radius 2 is 1.88 bits per heavy atom. The van der Waals surface area contributed by atoms with Crippen LogP contribution in [0.25, 0.3) is 0 Å². The summed E-state index contributed by atoms with van der Waals surface area (Å²) in [6.07, 6.45) is 6.09. The summed E-state index contributed by atoms with van der Waals surface area (Å²) in [4.78, 5) is 38.7. The van der Waals surface area contributed by atoms with Crippen LogP contribution in [0.5, 0.6) is 0 Å². The largest absolute Gasteiger partial charge is 0.349 e. The Bertz CT molecular complexity index is 1140. The molecule has 1 aliphatic carbocycles. The fraction of sp³-hybridized carbons (Fsp3) is 0.462. The molecule has 34 heavy (non-hydrogen) atoms. The second kappa shape index (κ2) is 10.7. The molecule has 2 heterocycles. The van der Waals surface area contributed by atoms with Gasteiger partial charge in [-0.25, -0.2) is 0 Å². The van der Waals surface area contributed by atoms with Crippen LogP contribution < -0.4 is 16.2 Å². The number of carbonyl (C=O) groups is 2. The molecular formula is C26H31N5O3. The van der Waals surface area contributed by atoms with Crippen molar-refractivity contribution in [3.8, 4) is 6.07 Å². The molecule has 0 spiro atoms. The third kappa shape index (κ3) is 5.72. The maximum Gasteiger partial charge on any atom is 0.251 e. The normalized spacial score (nSPS) is 20.7. The van der Waals surface area contributed by atoms with Crippen molar-refractivity contribution in [2.45, 2.75) is 57.2 Å². The summed E-state index contributed by atoms with van der Waals surface area (Å²) in [5, 5.41) is 14.6. The summed E-state index contributed by atoms with van der Waals surface area (Å²) in [6.45, 7) is 3.65. The van der Waals surface area contributed by atoms with Gasteiger partial charge in [0.1, 0.15) is 6.54 Å². The van der Waals surface area contributed by atoms with Gasteiger partial charge in [0, 0.05) is 37.0 Å². The minimum absolute atomic E-state index is 0.0255. The van der Waals surface area contributed by atoms with Gasteiger partial charge < -0.3 is 15.2 Å². The second-order valence-corrected chi connectivity index (χ2v) is 9.36. The van der Waals surface area contributed by atoms with E-state index in [0.29, 0.717) is 17.5 Å². The number of nitrogens with zero attached hydrogens (tertiary/aromatic N) is 3. The van der Waals surface area contributed by atoms with E-state index in [1.807, 2.05) is 37.4 Å². The summed E-state index contributed by atoms with van der Waals surface area (Å²) in [5.74, 6) is 0.00585. The highest BCUT2D eigenvalue weighted by Crippen LogP contribution is 2.35. The minimum atomic E-state index is -0.242. The number of likely N-dealkylation sites (tertiary alicyclic amines) is 1. The fourth-order valence-electron chi connectivity index (χ4n) is 5.00. The van der Waals surface area contributed by atoms with Crippen molar-refractivity contribution in [2.24, 2.45) is 0 Å². The molecule has 0 unspecified atom stereocenters. The highest BCUT2D eigenvalue weighted by Gasteiger charge is 2.35. The zero-order valence-corrected chi connectivity index (χ0v) is 19.5. The van der Waals surface area contributed by atoms with Gasteiger partial charge in [-0.1, -0.05) is 23.8 Å². The van der Waals surface area contributed by atoms with Crippen molar-refractivity contribution in [2.75, 3.05) is 19.6 Å². The zero-order valence-electron chi connectivity index (χ0n) is 19.5. The maximum atomic E-state index is 12.2. The molecule has 1 aliphatic heterocycles. The number of hydrogen-bond acceptors (Lipinski definition) is 5. The van der Waals surface area contributed by atoms with Gasteiger partial charge in [-0.05, 0) is 56.2 Å². The molecule has 2 N–H and O–H groups in total. The summed E-state index contributed by atoms with van der Waals surface area (Å²) in [5.41, 5.74) is 2.56. The van der Waals surface area contributed by atoms with Crippen LogP contribution >= 0.6 is 0 Å². The summed E-state index contributed by atoms with van der Waals surface area (Å²) >= 11 is 0. The molecule has 0 bridgehead atoms. The molecule has 1 aromatic heterocycles. The first-order valence-corrected chi connectivity index (χ1v) is 11.9. The van der Waals surface area contributed by atoms with Gasteiger partial charge in [-0.2, -0.15) is 5.26 Å². The molecule has 1 aromatic carbocycles. The van der Waals surface area contributed by atoms with Crippen molar-refractivity contribution in [3.63, 3.8) is 0 Å². The first-order valence-electron chi connectivity index (χ1n) is 11.9. The summed E-state index contributed by atoms with van der Waals surface area (Å²) in [6, 6.07) is 13.4. The Kier molecular flexibility index (Phi) is 7.43. The zero-order chi connectivity index (χ0) is 24.1. The topological polar surface area (TPSA) is 107 Å². The monoisotopic (exact) mass is 461 g/mol. The number of amides is 2. The molecule has 2 aromatic rings. The van der Waals surface area contributed by atoms with Crippen LogP contribution in [-0.2, 0) is 11.3 Å². The molecule has 178 valence electrons.